The van der Waals surface area contributed by atoms with Crippen LogP contribution >= 0.6 is 0 Å². The molecule has 0 saturated heterocycles. The Bertz CT molecular complexity index is 1380. The van der Waals surface area contributed by atoms with Gasteiger partial charge in [0, 0.05) is 6.07 Å². The van der Waals surface area contributed by atoms with E-state index in [1.165, 1.54) is 24.3 Å². The monoisotopic (exact) mass is 514 g/mol. The fourth-order valence-corrected chi connectivity index (χ4v) is 6.72. The molecule has 0 N–H and O–H groups in total. The molecule has 0 aliphatic heterocycles. The van der Waals surface area contributed by atoms with Gasteiger partial charge in [-0.1, -0.05) is 35.4 Å². The van der Waals surface area contributed by atoms with Gasteiger partial charge in [-0.25, -0.2) is 16.8 Å². The standard InChI is InChI=1S/C21H17F3N2O6S2/c1-14-3-8-17(9-4-14)33(29,30)26(34(31,32)18-10-5-15(2)6-11-18)16-7-12-20(25(27)28)19(13-16)21(22,23)24/h3-13H,1-2H3. The first kappa shape index (κ1) is 25.2. The summed E-state index contributed by atoms with van der Waals surface area (Å²) in [6.45, 7) is 3.31. The highest BCUT2D eigenvalue weighted by Crippen LogP contribution is 2.40. The number of nitro benzene ring substituents is 1. The van der Waals surface area contributed by atoms with E-state index in [9.17, 15) is 40.1 Å². The number of benzene rings is 3. The molecule has 8 nitrogen and oxygen atoms in total. The summed E-state index contributed by atoms with van der Waals surface area (Å²) in [5.41, 5.74) is -2.77. The van der Waals surface area contributed by atoms with E-state index in [4.69, 9.17) is 0 Å². The Balaban J connectivity index is 2.36. The molecule has 0 unspecified atom stereocenters. The molecule has 0 aliphatic carbocycles. The maximum Gasteiger partial charge on any atom is 0.423 e. The van der Waals surface area contributed by atoms with Gasteiger partial charge in [0.1, 0.15) is 5.56 Å². The summed E-state index contributed by atoms with van der Waals surface area (Å²) in [6, 6.07) is 11.2. The number of sulfonamides is 2. The van der Waals surface area contributed by atoms with Crippen LogP contribution in [0.15, 0.2) is 76.5 Å². The van der Waals surface area contributed by atoms with Crippen LogP contribution in [0.3, 0.4) is 0 Å². The molecule has 0 aromatic heterocycles. The Morgan fingerprint density at radius 1 is 0.765 bits per heavy atom. The van der Waals surface area contributed by atoms with Gasteiger partial charge in [-0.2, -0.15) is 16.9 Å². The SMILES string of the molecule is Cc1ccc(S(=O)(=O)N(c2ccc([N+](=O)[O-])c(C(F)(F)F)c2)S(=O)(=O)c2ccc(C)cc2)cc1. The number of hydrogen-bond donors (Lipinski definition) is 0. The van der Waals surface area contributed by atoms with Crippen LogP contribution in [0.2, 0.25) is 0 Å². The van der Waals surface area contributed by atoms with E-state index in [0.717, 1.165) is 24.3 Å². The van der Waals surface area contributed by atoms with Gasteiger partial charge < -0.3 is 0 Å². The van der Waals surface area contributed by atoms with Crippen molar-refractivity contribution in [3.63, 3.8) is 0 Å². The zero-order valence-corrected chi connectivity index (χ0v) is 19.3. The van der Waals surface area contributed by atoms with E-state index < -0.39 is 57.9 Å². The highest BCUT2D eigenvalue weighted by Gasteiger charge is 2.42. The molecule has 0 atom stereocenters. The number of nitro groups is 1. The van der Waals surface area contributed by atoms with E-state index in [-0.39, 0.29) is 9.78 Å². The Labute approximate surface area is 193 Å². The first-order chi connectivity index (χ1) is 15.7. The average Bonchev–Trinajstić information content (AvgIpc) is 2.73. The van der Waals surface area contributed by atoms with E-state index in [1.807, 2.05) is 0 Å². The van der Waals surface area contributed by atoms with Crippen molar-refractivity contribution in [3.8, 4) is 0 Å². The molecule has 3 aromatic rings. The fraction of sp³-hybridized carbons (Fsp3) is 0.143. The van der Waals surface area contributed by atoms with Gasteiger partial charge in [0.15, 0.2) is 0 Å². The third-order valence-electron chi connectivity index (χ3n) is 4.77. The predicted octanol–water partition coefficient (Wildman–Crippen LogP) is 4.81. The topological polar surface area (TPSA) is 115 Å². The van der Waals surface area contributed by atoms with Crippen LogP contribution in [0.1, 0.15) is 16.7 Å². The molecule has 180 valence electrons. The van der Waals surface area contributed by atoms with Crippen molar-refractivity contribution in [1.82, 2.24) is 0 Å². The Morgan fingerprint density at radius 3 is 1.53 bits per heavy atom. The zero-order valence-electron chi connectivity index (χ0n) is 17.6. The van der Waals surface area contributed by atoms with Crippen LogP contribution in [0.5, 0.6) is 0 Å². The lowest BCUT2D eigenvalue weighted by atomic mass is 10.1. The summed E-state index contributed by atoms with van der Waals surface area (Å²) in [7, 11) is -9.95. The number of aryl methyl sites for hydroxylation is 2. The third kappa shape index (κ3) is 4.75. The Morgan fingerprint density at radius 2 is 1.18 bits per heavy atom. The molecule has 0 heterocycles. The lowest BCUT2D eigenvalue weighted by molar-refractivity contribution is -0.388. The number of hydrogen-bond acceptors (Lipinski definition) is 6. The molecule has 0 spiro atoms. The number of alkyl halides is 3. The van der Waals surface area contributed by atoms with Crippen LogP contribution in [0.4, 0.5) is 24.5 Å². The largest absolute Gasteiger partial charge is 0.423 e. The van der Waals surface area contributed by atoms with Crippen molar-refractivity contribution < 1.29 is 34.9 Å². The lowest BCUT2D eigenvalue weighted by Gasteiger charge is -2.25. The van der Waals surface area contributed by atoms with Gasteiger partial charge in [-0.05, 0) is 50.2 Å². The first-order valence-corrected chi connectivity index (χ1v) is 12.3. The fourth-order valence-electron chi connectivity index (χ4n) is 3.04. The van der Waals surface area contributed by atoms with Crippen molar-refractivity contribution in [1.29, 1.82) is 0 Å². The molecule has 0 radical (unpaired) electrons. The van der Waals surface area contributed by atoms with E-state index >= 15 is 0 Å². The van der Waals surface area contributed by atoms with Crippen LogP contribution < -0.4 is 3.71 Å². The molecule has 0 saturated carbocycles. The van der Waals surface area contributed by atoms with Crippen LogP contribution in [-0.4, -0.2) is 21.8 Å². The Kier molecular flexibility index (Phi) is 6.46. The van der Waals surface area contributed by atoms with Crippen molar-refractivity contribution in [2.75, 3.05) is 3.71 Å². The molecule has 0 fully saturated rings. The second kappa shape index (κ2) is 8.72. The maximum absolute atomic E-state index is 13.6. The highest BCUT2D eigenvalue weighted by molar-refractivity contribution is 8.10. The summed E-state index contributed by atoms with van der Waals surface area (Å²) in [5, 5.41) is 11.1. The van der Waals surface area contributed by atoms with Crippen molar-refractivity contribution in [2.45, 2.75) is 29.8 Å². The number of anilines is 1. The quantitative estimate of drug-likeness (QED) is 0.344. The normalized spacial score (nSPS) is 12.4. The Hall–Kier alpha value is -3.45. The second-order valence-corrected chi connectivity index (χ2v) is 11.1. The lowest BCUT2D eigenvalue weighted by Crippen LogP contribution is -2.37. The first-order valence-electron chi connectivity index (χ1n) is 9.45. The minimum Gasteiger partial charge on any atom is -0.258 e. The summed E-state index contributed by atoms with van der Waals surface area (Å²) < 4.78 is 94.3. The summed E-state index contributed by atoms with van der Waals surface area (Å²) in [5.74, 6) is 0. The number of nitrogens with zero attached hydrogens (tertiary/aromatic N) is 2. The van der Waals surface area contributed by atoms with Gasteiger partial charge in [0.25, 0.3) is 25.7 Å². The summed E-state index contributed by atoms with van der Waals surface area (Å²) in [4.78, 5) is 8.82. The van der Waals surface area contributed by atoms with Crippen molar-refractivity contribution in [2.24, 2.45) is 0 Å². The van der Waals surface area contributed by atoms with Gasteiger partial charge in [-0.15, -0.1) is 0 Å². The molecular formula is C21H17F3N2O6S2. The van der Waals surface area contributed by atoms with Gasteiger partial charge >= 0.3 is 6.18 Å². The number of halogens is 3. The van der Waals surface area contributed by atoms with Gasteiger partial charge in [0.2, 0.25) is 0 Å². The molecule has 0 amide bonds. The molecule has 3 aromatic carbocycles. The van der Waals surface area contributed by atoms with Crippen LogP contribution in [-0.2, 0) is 26.2 Å². The van der Waals surface area contributed by atoms with Crippen molar-refractivity contribution >= 4 is 31.4 Å². The molecule has 13 heteroatoms. The van der Waals surface area contributed by atoms with Crippen LogP contribution in [0.25, 0.3) is 0 Å². The van der Waals surface area contributed by atoms with E-state index in [2.05, 4.69) is 0 Å². The minimum atomic E-state index is -5.26. The number of rotatable bonds is 6. The van der Waals surface area contributed by atoms with Gasteiger partial charge in [-0.3, -0.25) is 10.1 Å². The highest BCUT2D eigenvalue weighted by atomic mass is 32.3. The zero-order chi connectivity index (χ0) is 25.5. The molecule has 0 aliphatic rings. The molecule has 34 heavy (non-hydrogen) atoms. The smallest absolute Gasteiger partial charge is 0.258 e. The minimum absolute atomic E-state index is 0.135. The van der Waals surface area contributed by atoms with Crippen LogP contribution in [0, 0.1) is 24.0 Å². The van der Waals surface area contributed by atoms with Crippen molar-refractivity contribution in [3.05, 3.63) is 93.5 Å². The third-order valence-corrected chi connectivity index (χ3v) is 8.98. The average molecular weight is 515 g/mol. The summed E-state index contributed by atoms with van der Waals surface area (Å²) in [6.07, 6.45) is -5.26. The predicted molar refractivity (Wildman–Crippen MR) is 117 cm³/mol. The van der Waals surface area contributed by atoms with E-state index in [0.29, 0.717) is 23.3 Å². The maximum atomic E-state index is 13.6. The molecule has 0 bridgehead atoms. The van der Waals surface area contributed by atoms with Gasteiger partial charge in [0.05, 0.1) is 20.4 Å². The van der Waals surface area contributed by atoms with E-state index in [1.54, 1.807) is 13.8 Å². The second-order valence-electron chi connectivity index (χ2n) is 7.29. The molecular weight excluding hydrogens is 497 g/mol. The molecule has 3 rings (SSSR count). The summed E-state index contributed by atoms with van der Waals surface area (Å²) >= 11 is 0.